The lowest BCUT2D eigenvalue weighted by molar-refractivity contribution is -0.122. The highest BCUT2D eigenvalue weighted by Crippen LogP contribution is 2.42. The summed E-state index contributed by atoms with van der Waals surface area (Å²) in [5.74, 6) is -1.54. The second kappa shape index (κ2) is 9.62. The van der Waals surface area contributed by atoms with Crippen LogP contribution in [0.15, 0.2) is 55.1 Å². The first-order chi connectivity index (χ1) is 17.7. The van der Waals surface area contributed by atoms with Crippen molar-refractivity contribution in [2.75, 3.05) is 11.9 Å². The number of benzene rings is 1. The van der Waals surface area contributed by atoms with Crippen molar-refractivity contribution < 1.29 is 13.6 Å². The summed E-state index contributed by atoms with van der Waals surface area (Å²) in [5.41, 5.74) is 6.37. The molecular formula is C25H22F2N8OS. The maximum absolute atomic E-state index is 14.8. The van der Waals surface area contributed by atoms with Gasteiger partial charge < -0.3 is 11.1 Å². The molecule has 12 heteroatoms. The van der Waals surface area contributed by atoms with E-state index in [9.17, 15) is 13.6 Å². The predicted molar refractivity (Wildman–Crippen MR) is 137 cm³/mol. The molecule has 0 saturated carbocycles. The summed E-state index contributed by atoms with van der Waals surface area (Å²) in [5, 5.41) is 11.5. The van der Waals surface area contributed by atoms with Gasteiger partial charge in [-0.2, -0.15) is 4.39 Å². The Bertz CT molecular complexity index is 1600. The minimum Gasteiger partial charge on any atom is -0.369 e. The number of nitrogens with zero attached hydrogens (tertiary/aromatic N) is 6. The Balaban J connectivity index is 1.54. The molecule has 1 aromatic carbocycles. The van der Waals surface area contributed by atoms with Gasteiger partial charge >= 0.3 is 0 Å². The number of carbonyl (C=O) groups is 1. The standard InChI is InChI=1S/C25H22F2N8OS/c1-25(2,23(28)36)17-12-30-20(27)11-16(17)15-5-3-4-14-10-19(37-22(14)15)21-18(26)13-31-24(33-21)29-6-8-35-9-7-32-34-35/h3-5,7,9-13H,6,8H2,1-2H3,(H2,28,36)(H,29,31,33). The maximum atomic E-state index is 14.8. The number of fused-ring (bicyclic) bond motifs is 1. The number of halogens is 2. The fraction of sp³-hybridized carbons (Fsp3) is 0.200. The van der Waals surface area contributed by atoms with Gasteiger partial charge in [0.25, 0.3) is 0 Å². The van der Waals surface area contributed by atoms with E-state index in [0.29, 0.717) is 34.7 Å². The highest BCUT2D eigenvalue weighted by molar-refractivity contribution is 7.22. The zero-order chi connectivity index (χ0) is 26.2. The van der Waals surface area contributed by atoms with Gasteiger partial charge in [0.1, 0.15) is 5.69 Å². The van der Waals surface area contributed by atoms with E-state index in [4.69, 9.17) is 5.73 Å². The molecule has 0 aliphatic carbocycles. The minimum atomic E-state index is -1.09. The number of primary amides is 1. The van der Waals surface area contributed by atoms with Crippen molar-refractivity contribution in [2.45, 2.75) is 25.8 Å². The molecule has 5 rings (SSSR count). The smallest absolute Gasteiger partial charge is 0.227 e. The molecule has 4 heterocycles. The van der Waals surface area contributed by atoms with Gasteiger partial charge in [-0.3, -0.25) is 9.48 Å². The van der Waals surface area contributed by atoms with Gasteiger partial charge in [0, 0.05) is 35.3 Å². The van der Waals surface area contributed by atoms with Crippen LogP contribution in [0.3, 0.4) is 0 Å². The zero-order valence-electron chi connectivity index (χ0n) is 19.9. The van der Waals surface area contributed by atoms with Gasteiger partial charge in [-0.1, -0.05) is 23.4 Å². The second-order valence-electron chi connectivity index (χ2n) is 8.86. The molecular weight excluding hydrogens is 498 g/mol. The number of hydrogen-bond acceptors (Lipinski definition) is 8. The molecule has 0 fully saturated rings. The van der Waals surface area contributed by atoms with Crippen LogP contribution in [0.4, 0.5) is 14.7 Å². The fourth-order valence-corrected chi connectivity index (χ4v) is 5.11. The van der Waals surface area contributed by atoms with Crippen LogP contribution in [0.5, 0.6) is 0 Å². The summed E-state index contributed by atoms with van der Waals surface area (Å²) < 4.78 is 31.5. The number of nitrogens with one attached hydrogen (secondary N) is 1. The average Bonchev–Trinajstić information content (AvgIpc) is 3.54. The average molecular weight is 521 g/mol. The van der Waals surface area contributed by atoms with E-state index in [2.05, 4.69) is 30.6 Å². The van der Waals surface area contributed by atoms with Crippen molar-refractivity contribution in [3.63, 3.8) is 0 Å². The van der Waals surface area contributed by atoms with E-state index in [1.807, 2.05) is 24.3 Å². The predicted octanol–water partition coefficient (Wildman–Crippen LogP) is 4.17. The summed E-state index contributed by atoms with van der Waals surface area (Å²) >= 11 is 1.31. The number of nitrogens with two attached hydrogens (primary N) is 1. The molecule has 0 bridgehead atoms. The van der Waals surface area contributed by atoms with Gasteiger partial charge in [-0.25, -0.2) is 19.3 Å². The zero-order valence-corrected chi connectivity index (χ0v) is 20.8. The normalized spacial score (nSPS) is 11.7. The number of amides is 1. The third kappa shape index (κ3) is 4.75. The molecule has 0 unspecified atom stereocenters. The number of hydrogen-bond donors (Lipinski definition) is 2. The lowest BCUT2D eigenvalue weighted by Gasteiger charge is -2.24. The third-order valence-corrected chi connectivity index (χ3v) is 7.26. The SMILES string of the molecule is CC(C)(C(N)=O)c1cnc(F)cc1-c1cccc2cc(-c3nc(NCCn4ccnn4)ncc3F)sc12. The number of carbonyl (C=O) groups excluding carboxylic acids is 1. The van der Waals surface area contributed by atoms with Crippen molar-refractivity contribution in [3.8, 4) is 21.7 Å². The lowest BCUT2D eigenvalue weighted by atomic mass is 9.80. The van der Waals surface area contributed by atoms with Crippen LogP contribution in [0.2, 0.25) is 0 Å². The number of pyridine rings is 1. The topological polar surface area (TPSA) is 125 Å². The van der Waals surface area contributed by atoms with Crippen molar-refractivity contribution in [1.82, 2.24) is 29.9 Å². The molecule has 1 amide bonds. The van der Waals surface area contributed by atoms with Crippen LogP contribution in [-0.2, 0) is 16.8 Å². The van der Waals surface area contributed by atoms with Gasteiger partial charge in [0.05, 0.1) is 29.2 Å². The van der Waals surface area contributed by atoms with Gasteiger partial charge in [-0.05, 0) is 36.4 Å². The molecule has 188 valence electrons. The Morgan fingerprint density at radius 2 is 2.00 bits per heavy atom. The van der Waals surface area contributed by atoms with Gasteiger partial charge in [0.2, 0.25) is 17.8 Å². The second-order valence-corrected chi connectivity index (χ2v) is 9.91. The Morgan fingerprint density at radius 3 is 2.76 bits per heavy atom. The van der Waals surface area contributed by atoms with Crippen LogP contribution < -0.4 is 11.1 Å². The first kappa shape index (κ1) is 24.4. The summed E-state index contributed by atoms with van der Waals surface area (Å²) in [6.45, 7) is 4.34. The van der Waals surface area contributed by atoms with E-state index < -0.39 is 23.1 Å². The Labute approximate surface area is 214 Å². The molecule has 9 nitrogen and oxygen atoms in total. The van der Waals surface area contributed by atoms with Crippen molar-refractivity contribution in [1.29, 1.82) is 0 Å². The summed E-state index contributed by atoms with van der Waals surface area (Å²) in [6, 6.07) is 8.64. The van der Waals surface area contributed by atoms with Crippen LogP contribution in [0, 0.1) is 11.8 Å². The molecule has 0 aliphatic heterocycles. The molecule has 0 aliphatic rings. The van der Waals surface area contributed by atoms with E-state index >= 15 is 0 Å². The van der Waals surface area contributed by atoms with Gasteiger partial charge in [0.15, 0.2) is 5.82 Å². The van der Waals surface area contributed by atoms with Crippen LogP contribution in [0.25, 0.3) is 31.8 Å². The van der Waals surface area contributed by atoms with Crippen LogP contribution in [0.1, 0.15) is 19.4 Å². The van der Waals surface area contributed by atoms with Crippen molar-refractivity contribution in [3.05, 3.63) is 72.4 Å². The first-order valence-electron chi connectivity index (χ1n) is 11.3. The Hall–Kier alpha value is -4.32. The number of thiophene rings is 1. The largest absolute Gasteiger partial charge is 0.369 e. The molecule has 5 aromatic rings. The van der Waals surface area contributed by atoms with Crippen molar-refractivity contribution in [2.24, 2.45) is 5.73 Å². The van der Waals surface area contributed by atoms with E-state index in [0.717, 1.165) is 16.3 Å². The maximum Gasteiger partial charge on any atom is 0.227 e. The summed E-state index contributed by atoms with van der Waals surface area (Å²) in [4.78, 5) is 24.9. The van der Waals surface area contributed by atoms with E-state index in [1.54, 1.807) is 30.9 Å². The van der Waals surface area contributed by atoms with Crippen LogP contribution in [-0.4, -0.2) is 42.4 Å². The number of anilines is 1. The highest BCUT2D eigenvalue weighted by Gasteiger charge is 2.31. The molecule has 0 spiro atoms. The molecule has 3 N–H and O–H groups in total. The third-order valence-electron chi connectivity index (χ3n) is 6.07. The van der Waals surface area contributed by atoms with Gasteiger partial charge in [-0.15, -0.1) is 16.4 Å². The monoisotopic (exact) mass is 520 g/mol. The molecule has 0 radical (unpaired) electrons. The molecule has 4 aromatic heterocycles. The van der Waals surface area contributed by atoms with E-state index in [1.165, 1.54) is 23.6 Å². The Kier molecular flexibility index (Phi) is 6.34. The molecule has 37 heavy (non-hydrogen) atoms. The molecule has 0 atom stereocenters. The fourth-order valence-electron chi connectivity index (χ4n) is 3.93. The Morgan fingerprint density at radius 1 is 1.16 bits per heavy atom. The minimum absolute atomic E-state index is 0.143. The number of rotatable bonds is 8. The van der Waals surface area contributed by atoms with E-state index in [-0.39, 0.29) is 11.6 Å². The van der Waals surface area contributed by atoms with Crippen LogP contribution >= 0.6 is 11.3 Å². The summed E-state index contributed by atoms with van der Waals surface area (Å²) in [7, 11) is 0. The highest BCUT2D eigenvalue weighted by atomic mass is 32.1. The van der Waals surface area contributed by atoms with Crippen molar-refractivity contribution >= 4 is 33.3 Å². The molecule has 0 saturated heterocycles. The quantitative estimate of drug-likeness (QED) is 0.294. The summed E-state index contributed by atoms with van der Waals surface area (Å²) in [6.07, 6.45) is 5.78. The first-order valence-corrected chi connectivity index (χ1v) is 12.2. The lowest BCUT2D eigenvalue weighted by Crippen LogP contribution is -2.36. The number of aromatic nitrogens is 6.